The van der Waals surface area contributed by atoms with Gasteiger partial charge < -0.3 is 18.9 Å². The molecule has 3 rings (SSSR count). The zero-order chi connectivity index (χ0) is 18.2. The second-order valence-electron chi connectivity index (χ2n) is 5.52. The van der Waals surface area contributed by atoms with Crippen molar-refractivity contribution in [2.24, 2.45) is 0 Å². The Hall–Kier alpha value is -2.93. The molecule has 1 aromatic rings. The fourth-order valence-corrected chi connectivity index (χ4v) is 3.08. The van der Waals surface area contributed by atoms with Gasteiger partial charge in [0.2, 0.25) is 0 Å². The molecule has 0 amide bonds. The van der Waals surface area contributed by atoms with Crippen LogP contribution in [0.3, 0.4) is 0 Å². The number of ether oxygens (including phenoxy) is 4. The second-order valence-corrected chi connectivity index (χ2v) is 5.52. The molecule has 0 N–H and O–H groups in total. The lowest BCUT2D eigenvalue weighted by atomic mass is 9.81. The van der Waals surface area contributed by atoms with Gasteiger partial charge in [0, 0.05) is 6.92 Å². The highest BCUT2D eigenvalue weighted by atomic mass is 16.6. The summed E-state index contributed by atoms with van der Waals surface area (Å²) in [6.45, 7) is 1.30. The Labute approximate surface area is 143 Å². The molecule has 25 heavy (non-hydrogen) atoms. The van der Waals surface area contributed by atoms with E-state index in [9.17, 15) is 14.4 Å². The van der Waals surface area contributed by atoms with Gasteiger partial charge in [-0.2, -0.15) is 0 Å². The van der Waals surface area contributed by atoms with Crippen molar-refractivity contribution >= 4 is 17.9 Å². The fourth-order valence-electron chi connectivity index (χ4n) is 3.08. The van der Waals surface area contributed by atoms with E-state index in [0.717, 1.165) is 0 Å². The SMILES string of the molecule is COC(=O)C1=C(C(=O)OC)C2(c3ccc(OC(C)=O)cc3)C=CC1O2. The van der Waals surface area contributed by atoms with Crippen molar-refractivity contribution in [3.8, 4) is 5.75 Å². The molecule has 0 fully saturated rings. The number of fused-ring (bicyclic) bond motifs is 2. The summed E-state index contributed by atoms with van der Waals surface area (Å²) in [6.07, 6.45) is 2.71. The minimum atomic E-state index is -1.24. The first kappa shape index (κ1) is 16.9. The zero-order valence-electron chi connectivity index (χ0n) is 13.9. The van der Waals surface area contributed by atoms with Crippen LogP contribution < -0.4 is 4.74 Å². The number of rotatable bonds is 4. The Morgan fingerprint density at radius 3 is 2.24 bits per heavy atom. The Balaban J connectivity index is 2.08. The monoisotopic (exact) mass is 344 g/mol. The van der Waals surface area contributed by atoms with E-state index in [2.05, 4.69) is 0 Å². The van der Waals surface area contributed by atoms with Gasteiger partial charge in [0.1, 0.15) is 17.5 Å². The van der Waals surface area contributed by atoms with E-state index in [0.29, 0.717) is 11.3 Å². The molecule has 2 heterocycles. The van der Waals surface area contributed by atoms with Gasteiger partial charge in [0.25, 0.3) is 0 Å². The minimum absolute atomic E-state index is 0.0922. The van der Waals surface area contributed by atoms with Gasteiger partial charge >= 0.3 is 17.9 Å². The van der Waals surface area contributed by atoms with Crippen molar-refractivity contribution in [2.45, 2.75) is 18.6 Å². The fraction of sp³-hybridized carbons (Fsp3) is 0.278. The first-order chi connectivity index (χ1) is 11.9. The Bertz CT molecular complexity index is 803. The van der Waals surface area contributed by atoms with Crippen LogP contribution in [0.25, 0.3) is 0 Å². The number of hydrogen-bond acceptors (Lipinski definition) is 7. The lowest BCUT2D eigenvalue weighted by molar-refractivity contribution is -0.139. The summed E-state index contributed by atoms with van der Waals surface area (Å²) in [5.41, 5.74) is -0.423. The lowest BCUT2D eigenvalue weighted by Gasteiger charge is -2.26. The second kappa shape index (κ2) is 6.18. The molecular weight excluding hydrogens is 328 g/mol. The van der Waals surface area contributed by atoms with Crippen LogP contribution in [-0.4, -0.2) is 38.2 Å². The Morgan fingerprint density at radius 2 is 1.68 bits per heavy atom. The molecule has 2 aliphatic rings. The summed E-state index contributed by atoms with van der Waals surface area (Å²) in [5.74, 6) is -1.39. The van der Waals surface area contributed by atoms with Crippen LogP contribution in [0.5, 0.6) is 5.75 Å². The first-order valence-electron chi connectivity index (χ1n) is 7.50. The van der Waals surface area contributed by atoms with Crippen molar-refractivity contribution in [1.82, 2.24) is 0 Å². The summed E-state index contributed by atoms with van der Waals surface area (Å²) >= 11 is 0. The molecule has 0 aliphatic carbocycles. The van der Waals surface area contributed by atoms with Crippen LogP contribution in [0.2, 0.25) is 0 Å². The standard InChI is InChI=1S/C18H16O7/c1-10(19)24-12-6-4-11(5-7-12)18-9-8-13(25-18)14(16(20)22-2)15(18)17(21)23-3/h4-9,13H,1-3H3. The van der Waals surface area contributed by atoms with Crippen molar-refractivity contribution in [2.75, 3.05) is 14.2 Å². The highest BCUT2D eigenvalue weighted by Crippen LogP contribution is 2.50. The molecule has 7 nitrogen and oxygen atoms in total. The van der Waals surface area contributed by atoms with Gasteiger partial charge in [-0.1, -0.05) is 18.2 Å². The minimum Gasteiger partial charge on any atom is -0.466 e. The van der Waals surface area contributed by atoms with Crippen molar-refractivity contribution < 1.29 is 33.3 Å². The molecule has 1 aromatic carbocycles. The lowest BCUT2D eigenvalue weighted by Crippen LogP contribution is -2.30. The highest BCUT2D eigenvalue weighted by Gasteiger charge is 2.55. The summed E-state index contributed by atoms with van der Waals surface area (Å²) in [6, 6.07) is 6.49. The summed E-state index contributed by atoms with van der Waals surface area (Å²) in [5, 5.41) is 0. The van der Waals surface area contributed by atoms with E-state index in [4.69, 9.17) is 18.9 Å². The normalized spacial score (nSPS) is 23.6. The molecule has 0 radical (unpaired) electrons. The average molecular weight is 344 g/mol. The van der Waals surface area contributed by atoms with Crippen LogP contribution in [0, 0.1) is 0 Å². The predicted molar refractivity (Wildman–Crippen MR) is 84.5 cm³/mol. The topological polar surface area (TPSA) is 88.1 Å². The van der Waals surface area contributed by atoms with Crippen LogP contribution >= 0.6 is 0 Å². The predicted octanol–water partition coefficient (Wildman–Crippen LogP) is 1.42. The summed E-state index contributed by atoms with van der Waals surface area (Å²) < 4.78 is 20.6. The number of methoxy groups -OCH3 is 2. The molecule has 0 saturated heterocycles. The third-order valence-corrected chi connectivity index (χ3v) is 4.08. The molecule has 2 aliphatic heterocycles. The van der Waals surface area contributed by atoms with Crippen molar-refractivity contribution in [1.29, 1.82) is 0 Å². The van der Waals surface area contributed by atoms with Gasteiger partial charge in [-0.15, -0.1) is 0 Å². The third kappa shape index (κ3) is 2.62. The quantitative estimate of drug-likeness (QED) is 0.464. The Kier molecular flexibility index (Phi) is 4.18. The highest BCUT2D eigenvalue weighted by molar-refractivity contribution is 6.05. The molecule has 0 aromatic heterocycles. The maximum Gasteiger partial charge on any atom is 0.338 e. The molecule has 7 heteroatoms. The van der Waals surface area contributed by atoms with Gasteiger partial charge in [-0.05, 0) is 23.8 Å². The number of hydrogen-bond donors (Lipinski definition) is 0. The van der Waals surface area contributed by atoms with E-state index in [1.165, 1.54) is 21.1 Å². The number of benzene rings is 1. The van der Waals surface area contributed by atoms with Crippen LogP contribution in [0.15, 0.2) is 47.6 Å². The Morgan fingerprint density at radius 1 is 1.04 bits per heavy atom. The van der Waals surface area contributed by atoms with Crippen LogP contribution in [0.1, 0.15) is 12.5 Å². The van der Waals surface area contributed by atoms with Crippen LogP contribution in [-0.2, 0) is 34.2 Å². The number of carbonyl (C=O) groups excluding carboxylic acids is 3. The maximum atomic E-state index is 12.4. The maximum absolute atomic E-state index is 12.4. The van der Waals surface area contributed by atoms with Gasteiger partial charge in [0.05, 0.1) is 25.4 Å². The van der Waals surface area contributed by atoms with Gasteiger partial charge in [-0.25, -0.2) is 9.59 Å². The average Bonchev–Trinajstić information content (AvgIpc) is 3.18. The summed E-state index contributed by atoms with van der Waals surface area (Å²) in [4.78, 5) is 35.5. The molecule has 130 valence electrons. The molecular formula is C18H16O7. The van der Waals surface area contributed by atoms with E-state index < -0.39 is 29.6 Å². The van der Waals surface area contributed by atoms with Gasteiger partial charge in [-0.3, -0.25) is 4.79 Å². The summed E-state index contributed by atoms with van der Waals surface area (Å²) in [7, 11) is 2.47. The smallest absolute Gasteiger partial charge is 0.338 e. The molecule has 0 saturated carbocycles. The largest absolute Gasteiger partial charge is 0.466 e. The number of esters is 3. The van der Waals surface area contributed by atoms with E-state index in [1.807, 2.05) is 0 Å². The molecule has 2 atom stereocenters. The molecule has 2 bridgehead atoms. The van der Waals surface area contributed by atoms with Crippen molar-refractivity contribution in [3.63, 3.8) is 0 Å². The van der Waals surface area contributed by atoms with Crippen molar-refractivity contribution in [3.05, 3.63) is 53.1 Å². The van der Waals surface area contributed by atoms with E-state index >= 15 is 0 Å². The van der Waals surface area contributed by atoms with Crippen LogP contribution in [0.4, 0.5) is 0 Å². The first-order valence-corrected chi connectivity index (χ1v) is 7.50. The van der Waals surface area contributed by atoms with E-state index in [-0.39, 0.29) is 11.1 Å². The molecule has 0 spiro atoms. The molecule has 2 unspecified atom stereocenters. The third-order valence-electron chi connectivity index (χ3n) is 4.08. The van der Waals surface area contributed by atoms with E-state index in [1.54, 1.807) is 36.4 Å². The number of carbonyl (C=O) groups is 3. The van der Waals surface area contributed by atoms with Gasteiger partial charge in [0.15, 0.2) is 0 Å². The zero-order valence-corrected chi connectivity index (χ0v) is 13.9.